The first-order chi connectivity index (χ1) is 44.3. The van der Waals surface area contributed by atoms with Crippen molar-refractivity contribution < 1.29 is 70.4 Å². The molecular weight excluding hydrogens is 1160 g/mol. The van der Waals surface area contributed by atoms with Crippen molar-refractivity contribution >= 4 is 35.6 Å². The number of nitrogens with one attached hydrogen (secondary N) is 2. The molecule has 0 radical (unpaired) electrons. The number of nitrogens with zero attached hydrogens (tertiary/aromatic N) is 2. The number of halogens is 1. The van der Waals surface area contributed by atoms with Crippen LogP contribution < -0.4 is 20.1 Å². The number of methoxy groups -OCH3 is 2. The highest BCUT2D eigenvalue weighted by molar-refractivity contribution is 6.15. The average molecular weight is 1240 g/mol. The Morgan fingerprint density at radius 2 is 0.899 bits per heavy atom. The van der Waals surface area contributed by atoms with Crippen molar-refractivity contribution in [2.24, 2.45) is 0 Å². The maximum atomic E-state index is 13.3. The highest BCUT2D eigenvalue weighted by Gasteiger charge is 2.43. The van der Waals surface area contributed by atoms with Crippen LogP contribution in [-0.2, 0) is 38.9 Å². The van der Waals surface area contributed by atoms with Crippen molar-refractivity contribution in [1.29, 1.82) is 0 Å². The van der Waals surface area contributed by atoms with Crippen LogP contribution in [-0.4, -0.2) is 173 Å². The zero-order valence-electron chi connectivity index (χ0n) is 51.8. The summed E-state index contributed by atoms with van der Waals surface area (Å²) in [5, 5.41) is 34.8. The number of fused-ring (bicyclic) bond motifs is 6. The SMILES string of the molecule is COc1ccc(C(OCCOCCNC(=O)[C@@H]2C[C@@H](O)CN2C(=O)OCC2c3ccccc3-c3ccccc32)(c2ccccc2)c2ccc(OC)cc2)cc1.O=C(NCCOCCO)[C@@H]1C[C@@H](O)CN1C(=O)OCC1c2ccccc2-c2ccccc21.[2H]C([3H])Cl. The van der Waals surface area contributed by atoms with Gasteiger partial charge in [-0.3, -0.25) is 19.4 Å². The van der Waals surface area contributed by atoms with E-state index in [0.717, 1.165) is 72.7 Å². The van der Waals surface area contributed by atoms with Crippen LogP contribution in [0.25, 0.3) is 22.3 Å². The number of aliphatic hydroxyl groups is 3. The first-order valence-electron chi connectivity index (χ1n) is 30.8. The van der Waals surface area contributed by atoms with E-state index >= 15 is 0 Å². The Balaban J connectivity index is 0.000000230. The number of alkyl halides is 1. The quantitative estimate of drug-likeness (QED) is 0.0229. The minimum atomic E-state index is -1.19. The van der Waals surface area contributed by atoms with E-state index in [0.29, 0.717) is 0 Å². The zero-order valence-corrected chi connectivity index (χ0v) is 50.5. The van der Waals surface area contributed by atoms with Crippen molar-refractivity contribution in [3.8, 4) is 33.8 Å². The van der Waals surface area contributed by atoms with Crippen molar-refractivity contribution in [3.05, 3.63) is 215 Å². The minimum Gasteiger partial charge on any atom is -0.497 e. The largest absolute Gasteiger partial charge is 0.497 e. The van der Waals surface area contributed by atoms with E-state index < -0.39 is 48.4 Å². The molecule has 2 aliphatic heterocycles. The van der Waals surface area contributed by atoms with E-state index in [-0.39, 0.29) is 116 Å². The van der Waals surface area contributed by atoms with Crippen LogP contribution in [0.4, 0.5) is 9.59 Å². The molecule has 7 aromatic carbocycles. The molecule has 2 saturated heterocycles. The molecule has 11 rings (SSSR count). The highest BCUT2D eigenvalue weighted by Crippen LogP contribution is 2.47. The minimum absolute atomic E-state index is 0.0220. The lowest BCUT2D eigenvalue weighted by atomic mass is 9.80. The van der Waals surface area contributed by atoms with Gasteiger partial charge in [0.25, 0.3) is 0 Å². The lowest BCUT2D eigenvalue weighted by molar-refractivity contribution is -0.126. The summed E-state index contributed by atoms with van der Waals surface area (Å²) in [5.41, 5.74) is 10.8. The van der Waals surface area contributed by atoms with Crippen molar-refractivity contribution in [2.45, 2.75) is 54.6 Å². The molecule has 2 heterocycles. The average Bonchev–Trinajstić information content (AvgIpc) is 1.11. The van der Waals surface area contributed by atoms with Gasteiger partial charge in [-0.1, -0.05) is 152 Å². The van der Waals surface area contributed by atoms with Crippen LogP contribution >= 0.6 is 11.6 Å². The second-order valence-electron chi connectivity index (χ2n) is 21.6. The second-order valence-corrected chi connectivity index (χ2v) is 21.6. The number of β-amino-alcohol motifs (C(OH)–C–C–N with tert-alkyl or cyclic N) is 2. The van der Waals surface area contributed by atoms with E-state index in [1.54, 1.807) is 14.2 Å². The fourth-order valence-electron chi connectivity index (χ4n) is 12.2. The van der Waals surface area contributed by atoms with Crippen LogP contribution in [0.1, 0.15) is 66.4 Å². The fraction of sp³-hybridized carbons (Fsp3) is 0.343. The molecule has 468 valence electrons. The van der Waals surface area contributed by atoms with Gasteiger partial charge in [-0.2, -0.15) is 0 Å². The summed E-state index contributed by atoms with van der Waals surface area (Å²) in [6.07, 6.45) is -3.75. The first kappa shape index (κ1) is 62.3. The molecule has 4 aliphatic rings. The number of hydrogen-bond acceptors (Lipinski definition) is 14. The number of likely N-dealkylation sites (tertiary alicyclic amines) is 2. The van der Waals surface area contributed by atoms with E-state index in [1.165, 1.54) is 9.80 Å². The molecule has 7 aromatic rings. The number of ether oxygens (including phenoxy) is 7. The van der Waals surface area contributed by atoms with Gasteiger partial charge < -0.3 is 59.1 Å². The molecule has 0 saturated carbocycles. The summed E-state index contributed by atoms with van der Waals surface area (Å²) >= 11 is 4.61. The van der Waals surface area contributed by atoms with Gasteiger partial charge in [-0.15, -0.1) is 11.6 Å². The molecule has 18 nitrogen and oxygen atoms in total. The maximum absolute atomic E-state index is 13.3. The molecule has 2 fully saturated rings. The van der Waals surface area contributed by atoms with E-state index in [1.807, 2.05) is 140 Å². The summed E-state index contributed by atoms with van der Waals surface area (Å²) in [7, 11) is 3.27. The summed E-state index contributed by atoms with van der Waals surface area (Å²) in [6, 6.07) is 56.4. The Kier molecular flexibility index (Phi) is 22.2. The van der Waals surface area contributed by atoms with Crippen LogP contribution in [0, 0.1) is 0 Å². The summed E-state index contributed by atoms with van der Waals surface area (Å²) in [6.45, 7) is 1.91. The van der Waals surface area contributed by atoms with Gasteiger partial charge in [0.1, 0.15) is 42.4 Å². The summed E-state index contributed by atoms with van der Waals surface area (Å²) in [4.78, 5) is 54.7. The fourth-order valence-corrected chi connectivity index (χ4v) is 12.2. The third-order valence-corrected chi connectivity index (χ3v) is 16.4. The lowest BCUT2D eigenvalue weighted by Crippen LogP contribution is -2.47. The molecular formula is C70H77ClN4O14. The monoisotopic (exact) mass is 1240 g/mol. The molecule has 5 atom stereocenters. The predicted molar refractivity (Wildman–Crippen MR) is 337 cm³/mol. The van der Waals surface area contributed by atoms with E-state index in [9.17, 15) is 29.4 Å². The Morgan fingerprint density at radius 1 is 0.539 bits per heavy atom. The predicted octanol–water partition coefficient (Wildman–Crippen LogP) is 8.88. The highest BCUT2D eigenvalue weighted by atomic mass is 35.5. The Morgan fingerprint density at radius 3 is 1.28 bits per heavy atom. The van der Waals surface area contributed by atoms with Crippen LogP contribution in [0.3, 0.4) is 0 Å². The topological polar surface area (TPSA) is 224 Å². The maximum Gasteiger partial charge on any atom is 0.410 e. The number of carbonyl (C=O) groups excluding carboxylic acids is 4. The third-order valence-electron chi connectivity index (χ3n) is 16.4. The molecule has 1 unspecified atom stereocenters. The Bertz CT molecular complexity index is 3370. The summed E-state index contributed by atoms with van der Waals surface area (Å²) < 4.78 is 52.2. The number of aliphatic hydroxyl groups excluding tert-OH is 3. The van der Waals surface area contributed by atoms with E-state index in [2.05, 4.69) is 58.6 Å². The molecule has 4 amide bonds. The van der Waals surface area contributed by atoms with Gasteiger partial charge >= 0.3 is 12.2 Å². The van der Waals surface area contributed by atoms with Crippen LogP contribution in [0.2, 0.25) is 0 Å². The van der Waals surface area contributed by atoms with Gasteiger partial charge in [0, 0.05) is 46.8 Å². The Labute approximate surface area is 527 Å². The third kappa shape index (κ3) is 15.2. The standard InChI is InChI=1S/C45H46N2O8.C24H28N2O6.CH3Cl/c1-51-35-20-16-32(17-21-35)45(31-10-4-3-5-11-31,33-18-22-36(52-2)23-19-33)55-27-26-53-25-24-46-43(49)42-28-34(48)29-47(42)44(50)54-30-41-39-14-8-6-12-37(39)38-13-7-9-15-40(38)41;27-10-12-31-11-9-25-23(29)22-13-16(28)14-26(22)24(30)32-15-21-19-7-3-1-5-17(19)18-6-2-4-8-20(18)21;1-2/h3-23,34,41-42,48H,24-30H2,1-2H3,(H,46,49);1-8,16,21-22,27-28H,9-15H2,(H,25,29);1H3/t34-,42+;16-,22+;/m11./s1/i;;1TD. The van der Waals surface area contributed by atoms with E-state index in [4.69, 9.17) is 41.0 Å². The van der Waals surface area contributed by atoms with Gasteiger partial charge in [-0.25, -0.2) is 9.59 Å². The van der Waals surface area contributed by atoms with Gasteiger partial charge in [-0.05, 0) is 85.5 Å². The number of hydrogen-bond donors (Lipinski definition) is 5. The molecule has 0 bridgehead atoms. The second kappa shape index (κ2) is 31.7. The Hall–Kier alpha value is -8.33. The smallest absolute Gasteiger partial charge is 0.410 e. The molecule has 0 aromatic heterocycles. The van der Waals surface area contributed by atoms with Gasteiger partial charge in [0.15, 0.2) is 0 Å². The van der Waals surface area contributed by atoms with Crippen LogP contribution in [0.5, 0.6) is 11.5 Å². The molecule has 5 N–H and O–H groups in total. The first-order valence-corrected chi connectivity index (χ1v) is 30.1. The van der Waals surface area contributed by atoms with Crippen molar-refractivity contribution in [3.63, 3.8) is 0 Å². The number of carbonyl (C=O) groups is 4. The summed E-state index contributed by atoms with van der Waals surface area (Å²) in [5.74, 6) is 0.561. The normalized spacial score (nSPS) is 17.8. The number of rotatable bonds is 23. The van der Waals surface area contributed by atoms with Crippen LogP contribution in [0.15, 0.2) is 176 Å². The van der Waals surface area contributed by atoms with Gasteiger partial charge in [0.2, 0.25) is 11.8 Å². The lowest BCUT2D eigenvalue weighted by Gasteiger charge is -2.36. The number of benzene rings is 7. The van der Waals surface area contributed by atoms with Crippen molar-refractivity contribution in [1.82, 2.24) is 20.4 Å². The molecule has 89 heavy (non-hydrogen) atoms. The molecule has 19 heteroatoms. The molecule has 0 spiro atoms. The van der Waals surface area contributed by atoms with Crippen molar-refractivity contribution in [2.75, 3.05) is 99.6 Å². The zero-order chi connectivity index (χ0) is 64.3. The molecule has 2 aliphatic carbocycles. The number of amides is 4. The van der Waals surface area contributed by atoms with Gasteiger partial charge in [0.05, 0.1) is 79.2 Å².